The molecule has 0 radical (unpaired) electrons. The lowest BCUT2D eigenvalue weighted by Crippen LogP contribution is -2.47. The van der Waals surface area contributed by atoms with Gasteiger partial charge in [-0.05, 0) is 24.0 Å². The highest BCUT2D eigenvalue weighted by Gasteiger charge is 2.34. The van der Waals surface area contributed by atoms with E-state index >= 15 is 0 Å². The summed E-state index contributed by atoms with van der Waals surface area (Å²) in [4.78, 5) is 23.3. The molecule has 1 aliphatic heterocycles. The van der Waals surface area contributed by atoms with Crippen LogP contribution >= 0.6 is 0 Å². The Bertz CT molecular complexity index is 500. The van der Waals surface area contributed by atoms with E-state index in [1.165, 1.54) is 0 Å². The number of hydrogen-bond donors (Lipinski definition) is 2. The third kappa shape index (κ3) is 3.17. The van der Waals surface area contributed by atoms with E-state index in [0.29, 0.717) is 13.0 Å². The number of aliphatic carboxylic acids is 1. The first-order valence-electron chi connectivity index (χ1n) is 6.86. The summed E-state index contributed by atoms with van der Waals surface area (Å²) >= 11 is 0. The summed E-state index contributed by atoms with van der Waals surface area (Å²) in [5, 5.41) is 12.0. The molecule has 0 amide bonds. The Balaban J connectivity index is 2.18. The van der Waals surface area contributed by atoms with Crippen molar-refractivity contribution in [2.45, 2.75) is 38.3 Å². The third-order valence-electron chi connectivity index (χ3n) is 3.43. The van der Waals surface area contributed by atoms with Gasteiger partial charge in [-0.1, -0.05) is 37.6 Å². The number of carboxylic acids is 1. The molecule has 1 aliphatic rings. The summed E-state index contributed by atoms with van der Waals surface area (Å²) in [6, 6.07) is 5.94. The highest BCUT2D eigenvalue weighted by atomic mass is 16.5. The van der Waals surface area contributed by atoms with E-state index < -0.39 is 24.0 Å². The Kier molecular flexibility index (Phi) is 4.74. The van der Waals surface area contributed by atoms with Gasteiger partial charge >= 0.3 is 11.9 Å². The maximum absolute atomic E-state index is 12.1. The molecule has 0 bridgehead atoms. The van der Waals surface area contributed by atoms with Crippen LogP contribution in [0.3, 0.4) is 0 Å². The van der Waals surface area contributed by atoms with Crippen molar-refractivity contribution >= 4 is 11.9 Å². The first-order chi connectivity index (χ1) is 9.63. The van der Waals surface area contributed by atoms with Crippen molar-refractivity contribution in [3.63, 3.8) is 0 Å². The van der Waals surface area contributed by atoms with Crippen LogP contribution in [0.5, 0.6) is 0 Å². The Morgan fingerprint density at radius 3 is 2.85 bits per heavy atom. The van der Waals surface area contributed by atoms with E-state index in [1.54, 1.807) is 0 Å². The molecule has 2 unspecified atom stereocenters. The average Bonchev–Trinajstić information content (AvgIpc) is 2.46. The minimum atomic E-state index is -0.953. The van der Waals surface area contributed by atoms with Crippen LogP contribution in [0, 0.1) is 0 Å². The zero-order valence-corrected chi connectivity index (χ0v) is 11.5. The second-order valence-corrected chi connectivity index (χ2v) is 4.91. The summed E-state index contributed by atoms with van der Waals surface area (Å²) in [6.45, 7) is 2.38. The normalized spacial score (nSPS) is 21.1. The van der Waals surface area contributed by atoms with Gasteiger partial charge in [-0.25, -0.2) is 4.79 Å². The molecule has 1 heterocycles. The van der Waals surface area contributed by atoms with Gasteiger partial charge in [0.1, 0.15) is 12.1 Å². The van der Waals surface area contributed by atoms with Crippen molar-refractivity contribution in [2.75, 3.05) is 6.61 Å². The van der Waals surface area contributed by atoms with E-state index in [0.717, 1.165) is 24.0 Å². The molecular weight excluding hydrogens is 258 g/mol. The highest BCUT2D eigenvalue weighted by molar-refractivity contribution is 5.82. The second-order valence-electron chi connectivity index (χ2n) is 4.91. The molecular formula is C15H19NO4. The van der Waals surface area contributed by atoms with Crippen LogP contribution in [0.2, 0.25) is 0 Å². The largest absolute Gasteiger partial charge is 0.480 e. The van der Waals surface area contributed by atoms with Gasteiger partial charge in [0.15, 0.2) is 0 Å². The quantitative estimate of drug-likeness (QED) is 0.632. The lowest BCUT2D eigenvalue weighted by Gasteiger charge is -2.29. The van der Waals surface area contributed by atoms with E-state index in [4.69, 9.17) is 9.84 Å². The first kappa shape index (κ1) is 14.5. The molecule has 0 fully saturated rings. The number of carboxylic acid groups (broad SMARTS) is 1. The SMILES string of the molecule is CCCCOC(=O)C1NC(C(=O)O)Cc2ccccc21. The molecule has 2 rings (SSSR count). The van der Waals surface area contributed by atoms with Crippen LogP contribution in [-0.4, -0.2) is 29.7 Å². The molecule has 20 heavy (non-hydrogen) atoms. The Labute approximate surface area is 117 Å². The maximum Gasteiger partial charge on any atom is 0.327 e. The van der Waals surface area contributed by atoms with E-state index in [9.17, 15) is 9.59 Å². The number of hydrogen-bond acceptors (Lipinski definition) is 4. The number of esters is 1. The molecule has 0 saturated carbocycles. The number of fused-ring (bicyclic) bond motifs is 1. The molecule has 0 aliphatic carbocycles. The fourth-order valence-corrected chi connectivity index (χ4v) is 2.33. The van der Waals surface area contributed by atoms with Crippen molar-refractivity contribution in [1.82, 2.24) is 5.32 Å². The number of nitrogens with one attached hydrogen (secondary N) is 1. The number of benzene rings is 1. The fraction of sp³-hybridized carbons (Fsp3) is 0.467. The number of rotatable bonds is 5. The molecule has 0 saturated heterocycles. The van der Waals surface area contributed by atoms with Gasteiger partial charge in [0.2, 0.25) is 0 Å². The molecule has 5 nitrogen and oxygen atoms in total. The Morgan fingerprint density at radius 1 is 1.40 bits per heavy atom. The fourth-order valence-electron chi connectivity index (χ4n) is 2.33. The van der Waals surface area contributed by atoms with Gasteiger partial charge in [0, 0.05) is 0 Å². The van der Waals surface area contributed by atoms with Crippen LogP contribution in [0.25, 0.3) is 0 Å². The predicted octanol–water partition coefficient (Wildman–Crippen LogP) is 1.67. The molecule has 1 aromatic carbocycles. The van der Waals surface area contributed by atoms with Gasteiger partial charge < -0.3 is 9.84 Å². The Morgan fingerprint density at radius 2 is 2.15 bits per heavy atom. The number of carbonyl (C=O) groups is 2. The zero-order valence-electron chi connectivity index (χ0n) is 11.5. The first-order valence-corrected chi connectivity index (χ1v) is 6.86. The van der Waals surface area contributed by atoms with Crippen molar-refractivity contribution in [3.8, 4) is 0 Å². The minimum Gasteiger partial charge on any atom is -0.480 e. The lowest BCUT2D eigenvalue weighted by molar-refractivity contribution is -0.148. The standard InChI is InChI=1S/C15H19NO4/c1-2-3-8-20-15(19)13-11-7-5-4-6-10(11)9-12(16-13)14(17)18/h4-7,12-13,16H,2-3,8-9H2,1H3,(H,17,18). The van der Waals surface area contributed by atoms with Crippen LogP contribution < -0.4 is 5.32 Å². The van der Waals surface area contributed by atoms with Crippen LogP contribution in [-0.2, 0) is 20.7 Å². The van der Waals surface area contributed by atoms with Crippen molar-refractivity contribution < 1.29 is 19.4 Å². The molecule has 0 aromatic heterocycles. The summed E-state index contributed by atoms with van der Waals surface area (Å²) in [6.07, 6.45) is 2.13. The number of unbranched alkanes of at least 4 members (excludes halogenated alkanes) is 1. The molecule has 2 atom stereocenters. The minimum absolute atomic E-state index is 0.368. The second kappa shape index (κ2) is 6.52. The topological polar surface area (TPSA) is 75.6 Å². The van der Waals surface area contributed by atoms with Gasteiger partial charge in [0.05, 0.1) is 6.61 Å². The van der Waals surface area contributed by atoms with Gasteiger partial charge in [-0.2, -0.15) is 0 Å². The third-order valence-corrected chi connectivity index (χ3v) is 3.43. The summed E-state index contributed by atoms with van der Waals surface area (Å²) < 4.78 is 5.21. The van der Waals surface area contributed by atoms with Gasteiger partial charge in [-0.15, -0.1) is 0 Å². The average molecular weight is 277 g/mol. The lowest BCUT2D eigenvalue weighted by atomic mass is 9.90. The predicted molar refractivity (Wildman–Crippen MR) is 73.3 cm³/mol. The zero-order chi connectivity index (χ0) is 14.5. The van der Waals surface area contributed by atoms with Gasteiger partial charge in [0.25, 0.3) is 0 Å². The summed E-state index contributed by atoms with van der Waals surface area (Å²) in [7, 11) is 0. The van der Waals surface area contributed by atoms with Crippen molar-refractivity contribution in [3.05, 3.63) is 35.4 Å². The van der Waals surface area contributed by atoms with E-state index in [2.05, 4.69) is 5.32 Å². The molecule has 0 spiro atoms. The maximum atomic E-state index is 12.1. The van der Waals surface area contributed by atoms with Crippen molar-refractivity contribution in [1.29, 1.82) is 0 Å². The van der Waals surface area contributed by atoms with Crippen LogP contribution in [0.4, 0.5) is 0 Å². The van der Waals surface area contributed by atoms with Gasteiger partial charge in [-0.3, -0.25) is 10.1 Å². The summed E-state index contributed by atoms with van der Waals surface area (Å²) in [5.41, 5.74) is 1.70. The molecule has 5 heteroatoms. The summed E-state index contributed by atoms with van der Waals surface area (Å²) in [5.74, 6) is -1.36. The monoisotopic (exact) mass is 277 g/mol. The smallest absolute Gasteiger partial charge is 0.327 e. The molecule has 108 valence electrons. The van der Waals surface area contributed by atoms with E-state index in [-0.39, 0.29) is 0 Å². The highest BCUT2D eigenvalue weighted by Crippen LogP contribution is 2.26. The van der Waals surface area contributed by atoms with E-state index in [1.807, 2.05) is 31.2 Å². The molecule has 2 N–H and O–H groups in total. The van der Waals surface area contributed by atoms with Crippen LogP contribution in [0.15, 0.2) is 24.3 Å². The number of ether oxygens (including phenoxy) is 1. The number of carbonyl (C=O) groups excluding carboxylic acids is 1. The molecule has 1 aromatic rings. The van der Waals surface area contributed by atoms with Crippen LogP contribution in [0.1, 0.15) is 36.9 Å². The van der Waals surface area contributed by atoms with Crippen molar-refractivity contribution in [2.24, 2.45) is 0 Å². The Hall–Kier alpha value is -1.88.